The molecule has 2 aliphatic rings. The minimum absolute atomic E-state index is 0.195. The lowest BCUT2D eigenvalue weighted by atomic mass is 9.95. The largest absolute Gasteiger partial charge is 0.482 e. The third-order valence-electron chi connectivity index (χ3n) is 4.83. The number of fused-ring (bicyclic) bond motifs is 1. The molecule has 1 aromatic carbocycles. The zero-order valence-electron chi connectivity index (χ0n) is 16.3. The van der Waals surface area contributed by atoms with Crippen molar-refractivity contribution in [3.63, 3.8) is 0 Å². The second-order valence-corrected chi connectivity index (χ2v) is 10.3. The Labute approximate surface area is 188 Å². The third kappa shape index (κ3) is 5.00. The van der Waals surface area contributed by atoms with Crippen LogP contribution in [0.4, 0.5) is 5.00 Å². The third-order valence-corrected chi connectivity index (χ3v) is 7.45. The number of carbonyl (C=O) groups is 2. The van der Waals surface area contributed by atoms with Crippen LogP contribution in [-0.4, -0.2) is 26.8 Å². The molecule has 1 aromatic heterocycles. The fraction of sp³-hybridized carbons (Fsp3) is 0.238. The zero-order valence-corrected chi connectivity index (χ0v) is 18.7. The van der Waals surface area contributed by atoms with Crippen molar-refractivity contribution in [1.82, 2.24) is 5.32 Å². The van der Waals surface area contributed by atoms with Crippen LogP contribution in [0.25, 0.3) is 0 Å². The minimum atomic E-state index is -3.45. The van der Waals surface area contributed by atoms with Gasteiger partial charge >= 0.3 is 0 Å². The van der Waals surface area contributed by atoms with E-state index < -0.39 is 21.7 Å². The van der Waals surface area contributed by atoms with Crippen LogP contribution in [0.3, 0.4) is 0 Å². The van der Waals surface area contributed by atoms with E-state index in [9.17, 15) is 18.0 Å². The maximum atomic E-state index is 13.0. The molecule has 0 fully saturated rings. The Bertz CT molecular complexity index is 1210. The summed E-state index contributed by atoms with van der Waals surface area (Å²) in [5.41, 5.74) is 1.48. The van der Waals surface area contributed by atoms with Crippen molar-refractivity contribution in [1.29, 1.82) is 0 Å². The van der Waals surface area contributed by atoms with Crippen LogP contribution in [0.1, 0.15) is 33.6 Å². The lowest BCUT2D eigenvalue weighted by molar-refractivity contribution is -0.118. The Kier molecular flexibility index (Phi) is 6.17. The highest BCUT2D eigenvalue weighted by Crippen LogP contribution is 2.38. The molecule has 2 amide bonds. The van der Waals surface area contributed by atoms with E-state index in [0.717, 1.165) is 46.9 Å². The molecule has 1 aliphatic carbocycles. The molecular formula is C21H19ClN2O5S2. The number of nitrogens with one attached hydrogen (secondary N) is 2. The number of carbonyl (C=O) groups excluding carboxylic acids is 2. The second kappa shape index (κ2) is 8.86. The first-order valence-corrected chi connectivity index (χ1v) is 12.4. The average Bonchev–Trinajstić information content (AvgIpc) is 3.26. The number of benzene rings is 1. The Morgan fingerprint density at radius 1 is 1.13 bits per heavy atom. The number of sulfone groups is 1. The van der Waals surface area contributed by atoms with Crippen molar-refractivity contribution in [3.05, 3.63) is 67.9 Å². The van der Waals surface area contributed by atoms with E-state index >= 15 is 0 Å². The highest BCUT2D eigenvalue weighted by atomic mass is 35.5. The Morgan fingerprint density at radius 2 is 1.90 bits per heavy atom. The van der Waals surface area contributed by atoms with Crippen LogP contribution in [0, 0.1) is 0 Å². The normalized spacial score (nSPS) is 16.4. The first-order valence-electron chi connectivity index (χ1n) is 9.60. The number of anilines is 1. The van der Waals surface area contributed by atoms with E-state index in [1.807, 2.05) is 0 Å². The average molecular weight is 479 g/mol. The van der Waals surface area contributed by atoms with Crippen LogP contribution in [0.5, 0.6) is 5.75 Å². The molecule has 1 aliphatic heterocycles. The van der Waals surface area contributed by atoms with E-state index in [4.69, 9.17) is 16.3 Å². The standard InChI is InChI=1S/C21H19ClN2O5S2/c22-15-6-2-3-7-16(15)29-11-18(25)24-21-19(14-5-1-4-8-17(14)30-21)20(26)23-13-9-10-31(27,28)12-13/h2-3,6-7,9-10,12H,1,4-5,8,11H2,(H,23,26)(H,24,25). The summed E-state index contributed by atoms with van der Waals surface area (Å²) in [4.78, 5) is 26.6. The zero-order chi connectivity index (χ0) is 22.0. The predicted octanol–water partition coefficient (Wildman–Crippen LogP) is 3.81. The quantitative estimate of drug-likeness (QED) is 0.657. The molecule has 2 heterocycles. The number of aryl methyl sites for hydroxylation is 1. The fourth-order valence-electron chi connectivity index (χ4n) is 3.45. The van der Waals surface area contributed by atoms with Crippen molar-refractivity contribution >= 4 is 49.6 Å². The van der Waals surface area contributed by atoms with E-state index in [-0.39, 0.29) is 12.3 Å². The predicted molar refractivity (Wildman–Crippen MR) is 120 cm³/mol. The molecule has 0 spiro atoms. The lowest BCUT2D eigenvalue weighted by Gasteiger charge is -2.13. The van der Waals surface area contributed by atoms with Gasteiger partial charge in [0.15, 0.2) is 16.4 Å². The number of hydrogen-bond donors (Lipinski definition) is 2. The monoisotopic (exact) mass is 478 g/mol. The van der Waals surface area contributed by atoms with Crippen LogP contribution in [-0.2, 0) is 27.5 Å². The summed E-state index contributed by atoms with van der Waals surface area (Å²) in [7, 11) is -3.45. The summed E-state index contributed by atoms with van der Waals surface area (Å²) in [6.07, 6.45) is 4.87. The summed E-state index contributed by atoms with van der Waals surface area (Å²) < 4.78 is 28.6. The van der Waals surface area contributed by atoms with Gasteiger partial charge in [-0.25, -0.2) is 8.42 Å². The molecule has 31 heavy (non-hydrogen) atoms. The Hall–Kier alpha value is -2.62. The van der Waals surface area contributed by atoms with Gasteiger partial charge in [-0.1, -0.05) is 23.7 Å². The minimum Gasteiger partial charge on any atom is -0.482 e. The number of amides is 2. The van der Waals surface area contributed by atoms with E-state index in [2.05, 4.69) is 10.6 Å². The number of rotatable bonds is 6. The van der Waals surface area contributed by atoms with Crippen molar-refractivity contribution in [3.8, 4) is 5.75 Å². The highest BCUT2D eigenvalue weighted by Gasteiger charge is 2.27. The molecule has 0 radical (unpaired) electrons. The van der Waals surface area contributed by atoms with Gasteiger partial charge in [-0.2, -0.15) is 0 Å². The van der Waals surface area contributed by atoms with Crippen LogP contribution >= 0.6 is 22.9 Å². The molecule has 2 N–H and O–H groups in total. The van der Waals surface area contributed by atoms with Gasteiger partial charge in [-0.05, 0) is 49.5 Å². The number of thiophene rings is 1. The van der Waals surface area contributed by atoms with E-state index in [1.54, 1.807) is 24.3 Å². The first-order chi connectivity index (χ1) is 14.8. The summed E-state index contributed by atoms with van der Waals surface area (Å²) in [5, 5.41) is 8.26. The summed E-state index contributed by atoms with van der Waals surface area (Å²) >= 11 is 7.41. The molecule has 0 atom stereocenters. The number of hydrogen-bond acceptors (Lipinski definition) is 6. The molecular weight excluding hydrogens is 460 g/mol. The van der Waals surface area contributed by atoms with Gasteiger partial charge in [0.1, 0.15) is 10.8 Å². The molecule has 0 saturated carbocycles. The number of ether oxygens (including phenoxy) is 1. The van der Waals surface area contributed by atoms with Gasteiger partial charge in [0, 0.05) is 10.3 Å². The topological polar surface area (TPSA) is 102 Å². The fourth-order valence-corrected chi connectivity index (χ4v) is 5.85. The van der Waals surface area contributed by atoms with Crippen molar-refractivity contribution in [2.75, 3.05) is 11.9 Å². The maximum Gasteiger partial charge on any atom is 0.262 e. The van der Waals surface area contributed by atoms with Gasteiger partial charge in [0.2, 0.25) is 0 Å². The van der Waals surface area contributed by atoms with Crippen LogP contribution in [0.2, 0.25) is 5.02 Å². The highest BCUT2D eigenvalue weighted by molar-refractivity contribution is 7.97. The first kappa shape index (κ1) is 21.6. The molecule has 162 valence electrons. The molecule has 0 unspecified atom stereocenters. The van der Waals surface area contributed by atoms with Crippen molar-refractivity contribution in [2.45, 2.75) is 25.7 Å². The molecule has 2 aromatic rings. The molecule has 0 bridgehead atoms. The Morgan fingerprint density at radius 3 is 2.65 bits per heavy atom. The summed E-state index contributed by atoms with van der Waals surface area (Å²) in [6, 6.07) is 6.84. The molecule has 7 nitrogen and oxygen atoms in total. The second-order valence-electron chi connectivity index (χ2n) is 7.10. The number of para-hydroxylation sites is 1. The van der Waals surface area contributed by atoms with Crippen molar-refractivity contribution in [2.24, 2.45) is 0 Å². The summed E-state index contributed by atoms with van der Waals surface area (Å²) in [5.74, 6) is -0.478. The van der Waals surface area contributed by atoms with Gasteiger partial charge in [0.25, 0.3) is 11.8 Å². The van der Waals surface area contributed by atoms with Gasteiger partial charge in [-0.3, -0.25) is 9.59 Å². The van der Waals surface area contributed by atoms with Gasteiger partial charge < -0.3 is 15.4 Å². The van der Waals surface area contributed by atoms with Gasteiger partial charge in [-0.15, -0.1) is 11.3 Å². The number of allylic oxidation sites excluding steroid dienone is 1. The molecule has 10 heteroatoms. The van der Waals surface area contributed by atoms with Crippen molar-refractivity contribution < 1.29 is 22.7 Å². The van der Waals surface area contributed by atoms with Crippen LogP contribution < -0.4 is 15.4 Å². The molecule has 0 saturated heterocycles. The molecule has 4 rings (SSSR count). The summed E-state index contributed by atoms with van der Waals surface area (Å²) in [6.45, 7) is -0.264. The number of halogens is 1. The maximum absolute atomic E-state index is 13.0. The lowest BCUT2D eigenvalue weighted by Crippen LogP contribution is -2.26. The van der Waals surface area contributed by atoms with E-state index in [1.165, 1.54) is 17.4 Å². The van der Waals surface area contributed by atoms with Crippen LogP contribution in [0.15, 0.2) is 46.9 Å². The smallest absolute Gasteiger partial charge is 0.262 e. The van der Waals surface area contributed by atoms with Gasteiger partial charge in [0.05, 0.1) is 21.7 Å². The van der Waals surface area contributed by atoms with E-state index in [0.29, 0.717) is 21.3 Å². The SMILES string of the molecule is O=C(COc1ccccc1Cl)Nc1sc2c(c1C(=O)NC1=CS(=O)(=O)C=C1)CCCC2. The Balaban J connectivity index is 1.53.